The molecule has 1 aromatic carbocycles. The van der Waals surface area contributed by atoms with Crippen LogP contribution in [0.1, 0.15) is 62.3 Å². The molecule has 3 unspecified atom stereocenters. The summed E-state index contributed by atoms with van der Waals surface area (Å²) in [5, 5.41) is 0.978. The number of benzene rings is 1. The lowest BCUT2D eigenvalue weighted by Gasteiger charge is -2.48. The minimum atomic E-state index is 0.339. The van der Waals surface area contributed by atoms with Crippen LogP contribution in [-0.4, -0.2) is 9.55 Å². The second-order valence-corrected chi connectivity index (χ2v) is 7.87. The van der Waals surface area contributed by atoms with E-state index >= 15 is 0 Å². The molecule has 1 heterocycles. The largest absolute Gasteiger partial charge is 0.334 e. The van der Waals surface area contributed by atoms with E-state index in [2.05, 4.69) is 41.7 Å². The van der Waals surface area contributed by atoms with Crippen LogP contribution in [0.5, 0.6) is 0 Å². The number of imidazole rings is 1. The molecule has 3 atom stereocenters. The fourth-order valence-corrected chi connectivity index (χ4v) is 5.35. The minimum absolute atomic E-state index is 0.339. The Balaban J connectivity index is 1.80. The third-order valence-corrected chi connectivity index (χ3v) is 6.80. The maximum absolute atomic E-state index is 6.66. The van der Waals surface area contributed by atoms with Crippen molar-refractivity contribution in [2.75, 3.05) is 0 Å². The lowest BCUT2D eigenvalue weighted by Crippen LogP contribution is -2.40. The van der Waals surface area contributed by atoms with Crippen LogP contribution >= 0.6 is 11.6 Å². The predicted molar refractivity (Wildman–Crippen MR) is 95.1 cm³/mol. The zero-order valence-corrected chi connectivity index (χ0v) is 14.8. The Bertz CT molecular complexity index is 707. The highest BCUT2D eigenvalue weighted by Gasteiger charge is 2.44. The average molecular weight is 329 g/mol. The summed E-state index contributed by atoms with van der Waals surface area (Å²) in [5.41, 5.74) is 4.96. The smallest absolute Gasteiger partial charge is 0.0948 e. The molecular formula is C20H25ClN2. The van der Waals surface area contributed by atoms with Crippen LogP contribution in [0, 0.1) is 5.92 Å². The van der Waals surface area contributed by atoms with Crippen LogP contribution in [0.3, 0.4) is 0 Å². The quantitative estimate of drug-likeness (QED) is 0.743. The Morgan fingerprint density at radius 1 is 1.43 bits per heavy atom. The SMILES string of the molecule is CCC12CCCc3ccc(Cl)c(c31)CC(C(C)n1ccnc1)C2. The van der Waals surface area contributed by atoms with E-state index < -0.39 is 0 Å². The third-order valence-electron chi connectivity index (χ3n) is 6.45. The molecule has 0 spiro atoms. The molecule has 0 bridgehead atoms. The lowest BCUT2D eigenvalue weighted by atomic mass is 9.58. The van der Waals surface area contributed by atoms with Gasteiger partial charge in [-0.2, -0.15) is 0 Å². The van der Waals surface area contributed by atoms with E-state index in [-0.39, 0.29) is 0 Å². The monoisotopic (exact) mass is 328 g/mol. The molecule has 0 saturated heterocycles. The Morgan fingerprint density at radius 3 is 3.04 bits per heavy atom. The van der Waals surface area contributed by atoms with Gasteiger partial charge in [-0.05, 0) is 79.5 Å². The number of aryl methyl sites for hydroxylation is 1. The van der Waals surface area contributed by atoms with E-state index in [1.54, 1.807) is 11.1 Å². The molecule has 2 aliphatic rings. The van der Waals surface area contributed by atoms with Gasteiger partial charge < -0.3 is 4.57 Å². The summed E-state index contributed by atoms with van der Waals surface area (Å²) in [6.45, 7) is 4.70. The fourth-order valence-electron chi connectivity index (χ4n) is 5.11. The fraction of sp³-hybridized carbons (Fsp3) is 0.550. The highest BCUT2D eigenvalue weighted by Crippen LogP contribution is 2.53. The molecule has 122 valence electrons. The summed E-state index contributed by atoms with van der Waals surface area (Å²) in [6, 6.07) is 4.88. The number of halogens is 1. The third kappa shape index (κ3) is 2.34. The van der Waals surface area contributed by atoms with Crippen LogP contribution in [0.4, 0.5) is 0 Å². The number of hydrogen-bond acceptors (Lipinski definition) is 1. The van der Waals surface area contributed by atoms with Crippen molar-refractivity contribution in [1.82, 2.24) is 9.55 Å². The van der Waals surface area contributed by atoms with E-state index in [1.165, 1.54) is 37.7 Å². The molecule has 3 heteroatoms. The topological polar surface area (TPSA) is 17.8 Å². The van der Waals surface area contributed by atoms with Gasteiger partial charge in [0.1, 0.15) is 0 Å². The van der Waals surface area contributed by atoms with E-state index in [0.29, 0.717) is 17.4 Å². The van der Waals surface area contributed by atoms with Gasteiger partial charge in [0.2, 0.25) is 0 Å². The Morgan fingerprint density at radius 2 is 2.30 bits per heavy atom. The molecule has 2 aromatic rings. The zero-order valence-electron chi connectivity index (χ0n) is 14.1. The second kappa shape index (κ2) is 5.66. The van der Waals surface area contributed by atoms with Gasteiger partial charge in [-0.15, -0.1) is 0 Å². The standard InChI is InChI=1S/C20H25ClN2/c1-3-20-8-4-5-15-6-7-18(21)17(19(15)20)11-16(12-20)14(2)23-10-9-22-13-23/h6-7,9-10,13-14,16H,3-5,8,11-12H2,1-2H3. The van der Waals surface area contributed by atoms with Crippen molar-refractivity contribution < 1.29 is 0 Å². The minimum Gasteiger partial charge on any atom is -0.334 e. The highest BCUT2D eigenvalue weighted by atomic mass is 35.5. The average Bonchev–Trinajstić information content (AvgIpc) is 3.11. The summed E-state index contributed by atoms with van der Waals surface area (Å²) in [7, 11) is 0. The van der Waals surface area contributed by atoms with Gasteiger partial charge in [0.05, 0.1) is 6.33 Å². The van der Waals surface area contributed by atoms with E-state index in [0.717, 1.165) is 11.4 Å². The first kappa shape index (κ1) is 15.3. The van der Waals surface area contributed by atoms with Crippen LogP contribution in [0.25, 0.3) is 0 Å². The van der Waals surface area contributed by atoms with E-state index in [4.69, 9.17) is 11.6 Å². The second-order valence-electron chi connectivity index (χ2n) is 7.47. The first-order valence-corrected chi connectivity index (χ1v) is 9.30. The van der Waals surface area contributed by atoms with Crippen LogP contribution in [0.15, 0.2) is 30.9 Å². The molecule has 0 aliphatic heterocycles. The van der Waals surface area contributed by atoms with Crippen molar-refractivity contribution in [2.45, 2.75) is 63.8 Å². The zero-order chi connectivity index (χ0) is 16.0. The summed E-state index contributed by atoms with van der Waals surface area (Å²) in [5.74, 6) is 0.627. The Hall–Kier alpha value is -1.28. The molecule has 23 heavy (non-hydrogen) atoms. The van der Waals surface area contributed by atoms with Gasteiger partial charge >= 0.3 is 0 Å². The van der Waals surface area contributed by atoms with Crippen LogP contribution in [0.2, 0.25) is 5.02 Å². The molecule has 0 amide bonds. The van der Waals surface area contributed by atoms with Gasteiger partial charge in [0, 0.05) is 23.5 Å². The van der Waals surface area contributed by atoms with Crippen molar-refractivity contribution >= 4 is 11.6 Å². The van der Waals surface area contributed by atoms with Crippen molar-refractivity contribution in [3.63, 3.8) is 0 Å². The maximum Gasteiger partial charge on any atom is 0.0948 e. The molecule has 0 N–H and O–H groups in total. The number of rotatable bonds is 3. The summed E-state index contributed by atoms with van der Waals surface area (Å²) < 4.78 is 2.26. The molecular weight excluding hydrogens is 304 g/mol. The summed E-state index contributed by atoms with van der Waals surface area (Å²) >= 11 is 6.66. The lowest BCUT2D eigenvalue weighted by molar-refractivity contribution is 0.199. The summed E-state index contributed by atoms with van der Waals surface area (Å²) in [4.78, 5) is 4.24. The van der Waals surface area contributed by atoms with Gasteiger partial charge in [-0.1, -0.05) is 24.6 Å². The first-order valence-electron chi connectivity index (χ1n) is 8.93. The number of hydrogen-bond donors (Lipinski definition) is 0. The molecule has 0 radical (unpaired) electrons. The Labute approximate surface area is 143 Å². The normalized spacial score (nSPS) is 27.5. The molecule has 1 aromatic heterocycles. The molecule has 2 nitrogen and oxygen atoms in total. The van der Waals surface area contributed by atoms with Gasteiger partial charge in [0.25, 0.3) is 0 Å². The van der Waals surface area contributed by atoms with Crippen molar-refractivity contribution in [1.29, 1.82) is 0 Å². The van der Waals surface area contributed by atoms with E-state index in [1.807, 2.05) is 12.5 Å². The van der Waals surface area contributed by atoms with Crippen LogP contribution < -0.4 is 0 Å². The van der Waals surface area contributed by atoms with Crippen molar-refractivity contribution in [2.24, 2.45) is 5.92 Å². The van der Waals surface area contributed by atoms with E-state index in [9.17, 15) is 0 Å². The van der Waals surface area contributed by atoms with Gasteiger partial charge in [-0.3, -0.25) is 0 Å². The van der Waals surface area contributed by atoms with Crippen LogP contribution in [-0.2, 0) is 18.3 Å². The molecule has 2 aliphatic carbocycles. The molecule has 0 fully saturated rings. The Kier molecular flexibility index (Phi) is 3.76. The highest BCUT2D eigenvalue weighted by molar-refractivity contribution is 6.31. The number of nitrogens with zero attached hydrogens (tertiary/aromatic N) is 2. The molecule has 0 saturated carbocycles. The molecule has 4 rings (SSSR count). The van der Waals surface area contributed by atoms with Crippen molar-refractivity contribution in [3.8, 4) is 0 Å². The predicted octanol–water partition coefficient (Wildman–Crippen LogP) is 5.34. The maximum atomic E-state index is 6.66. The summed E-state index contributed by atoms with van der Waals surface area (Å²) in [6.07, 6.45) is 13.4. The van der Waals surface area contributed by atoms with Crippen molar-refractivity contribution in [3.05, 3.63) is 52.6 Å². The van der Waals surface area contributed by atoms with Gasteiger partial charge in [0.15, 0.2) is 0 Å². The van der Waals surface area contributed by atoms with Gasteiger partial charge in [-0.25, -0.2) is 4.98 Å². The number of aromatic nitrogens is 2. The first-order chi connectivity index (χ1) is 11.1.